The Labute approximate surface area is 117 Å². The molecule has 2 rings (SSSR count). The van der Waals surface area contributed by atoms with E-state index in [2.05, 4.69) is 0 Å². The molecule has 0 spiro atoms. The maximum absolute atomic E-state index is 11.7. The van der Waals surface area contributed by atoms with Gasteiger partial charge in [-0.15, -0.1) is 0 Å². The molecule has 0 unspecified atom stereocenters. The Bertz CT molecular complexity index is 691. The van der Waals surface area contributed by atoms with E-state index in [1.807, 2.05) is 0 Å². The summed E-state index contributed by atoms with van der Waals surface area (Å²) in [6.45, 7) is 1.60. The fraction of sp³-hybridized carbons (Fsp3) is 0.143. The molecule has 2 aromatic rings. The number of phenolic OH excluding ortho intramolecular Hbond substituents is 1. The van der Waals surface area contributed by atoms with Gasteiger partial charge in [-0.3, -0.25) is 0 Å². The smallest absolute Gasteiger partial charge is 0.178 e. The van der Waals surface area contributed by atoms with E-state index in [0.29, 0.717) is 10.6 Å². The fourth-order valence-electron chi connectivity index (χ4n) is 1.75. The van der Waals surface area contributed by atoms with Crippen molar-refractivity contribution in [1.29, 1.82) is 0 Å². The first-order valence-corrected chi connectivity index (χ1v) is 7.79. The van der Waals surface area contributed by atoms with E-state index in [0.717, 1.165) is 5.56 Å². The van der Waals surface area contributed by atoms with Gasteiger partial charge in [0.1, 0.15) is 5.75 Å². The summed E-state index contributed by atoms with van der Waals surface area (Å²) in [5, 5.41) is 10.3. The highest BCUT2D eigenvalue weighted by molar-refractivity contribution is 7.91. The molecule has 100 valence electrons. The highest BCUT2D eigenvalue weighted by Gasteiger charge is 2.12. The van der Waals surface area contributed by atoms with Crippen molar-refractivity contribution in [2.75, 3.05) is 5.75 Å². The third kappa shape index (κ3) is 2.91. The predicted molar refractivity (Wildman–Crippen MR) is 76.3 cm³/mol. The first kappa shape index (κ1) is 13.9. The number of hydrogen-bond acceptors (Lipinski definition) is 3. The van der Waals surface area contributed by atoms with Gasteiger partial charge in [-0.1, -0.05) is 30.7 Å². The van der Waals surface area contributed by atoms with Crippen LogP contribution in [0.1, 0.15) is 6.92 Å². The van der Waals surface area contributed by atoms with Gasteiger partial charge in [-0.25, -0.2) is 8.42 Å². The van der Waals surface area contributed by atoms with Crippen molar-refractivity contribution in [3.8, 4) is 16.9 Å². The second-order valence-corrected chi connectivity index (χ2v) is 6.80. The average molecular weight is 297 g/mol. The van der Waals surface area contributed by atoms with Crippen LogP contribution in [0, 0.1) is 0 Å². The Hall–Kier alpha value is -1.52. The Balaban J connectivity index is 2.46. The van der Waals surface area contributed by atoms with Crippen LogP contribution in [0.3, 0.4) is 0 Å². The Morgan fingerprint density at radius 3 is 2.32 bits per heavy atom. The van der Waals surface area contributed by atoms with E-state index < -0.39 is 9.84 Å². The molecule has 3 nitrogen and oxygen atoms in total. The van der Waals surface area contributed by atoms with Crippen molar-refractivity contribution in [1.82, 2.24) is 0 Å². The summed E-state index contributed by atoms with van der Waals surface area (Å²) in [6, 6.07) is 11.1. The van der Waals surface area contributed by atoms with Crippen LogP contribution in [0.4, 0.5) is 0 Å². The molecular weight excluding hydrogens is 284 g/mol. The second-order valence-electron chi connectivity index (χ2n) is 4.09. The first-order chi connectivity index (χ1) is 8.94. The minimum absolute atomic E-state index is 0.0642. The summed E-state index contributed by atoms with van der Waals surface area (Å²) in [5.74, 6) is 0.171. The lowest BCUT2D eigenvalue weighted by Crippen LogP contribution is -2.03. The lowest BCUT2D eigenvalue weighted by Gasteiger charge is -2.07. The maximum Gasteiger partial charge on any atom is 0.178 e. The molecule has 5 heteroatoms. The topological polar surface area (TPSA) is 54.4 Å². The number of phenols is 1. The molecular formula is C14H13ClO3S. The van der Waals surface area contributed by atoms with Gasteiger partial charge in [0, 0.05) is 10.6 Å². The summed E-state index contributed by atoms with van der Waals surface area (Å²) in [5.41, 5.74) is 1.29. The quantitative estimate of drug-likeness (QED) is 0.943. The van der Waals surface area contributed by atoms with E-state index >= 15 is 0 Å². The number of hydrogen-bond donors (Lipinski definition) is 1. The third-order valence-electron chi connectivity index (χ3n) is 2.86. The van der Waals surface area contributed by atoms with Gasteiger partial charge >= 0.3 is 0 Å². The van der Waals surface area contributed by atoms with E-state index in [9.17, 15) is 13.5 Å². The van der Waals surface area contributed by atoms with E-state index in [-0.39, 0.29) is 16.4 Å². The third-order valence-corrected chi connectivity index (χ3v) is 4.85. The van der Waals surface area contributed by atoms with Gasteiger partial charge in [-0.2, -0.15) is 0 Å². The van der Waals surface area contributed by atoms with E-state index in [4.69, 9.17) is 11.6 Å². The molecule has 0 heterocycles. The molecule has 0 aliphatic carbocycles. The van der Waals surface area contributed by atoms with Crippen molar-refractivity contribution < 1.29 is 13.5 Å². The van der Waals surface area contributed by atoms with Crippen LogP contribution in [-0.2, 0) is 9.84 Å². The number of sulfone groups is 1. The van der Waals surface area contributed by atoms with Crippen LogP contribution in [0.2, 0.25) is 5.02 Å². The predicted octanol–water partition coefficient (Wildman–Crippen LogP) is 3.51. The molecule has 0 amide bonds. The molecule has 0 aromatic heterocycles. The molecule has 1 N–H and O–H groups in total. The summed E-state index contributed by atoms with van der Waals surface area (Å²) in [7, 11) is -3.20. The van der Waals surface area contributed by atoms with Gasteiger partial charge in [0.05, 0.1) is 10.6 Å². The first-order valence-electron chi connectivity index (χ1n) is 5.76. The number of benzene rings is 2. The van der Waals surface area contributed by atoms with Crippen molar-refractivity contribution in [2.24, 2.45) is 0 Å². The maximum atomic E-state index is 11.7. The summed E-state index contributed by atoms with van der Waals surface area (Å²) >= 11 is 5.89. The molecule has 2 aromatic carbocycles. The van der Waals surface area contributed by atoms with Crippen LogP contribution < -0.4 is 0 Å². The molecule has 19 heavy (non-hydrogen) atoms. The van der Waals surface area contributed by atoms with Crippen LogP contribution in [0.5, 0.6) is 5.75 Å². The molecule has 0 atom stereocenters. The van der Waals surface area contributed by atoms with Gasteiger partial charge in [0.2, 0.25) is 0 Å². The SMILES string of the molecule is CCS(=O)(=O)c1ccc(-c2cc(Cl)ccc2O)cc1. The molecule has 0 aliphatic heterocycles. The molecule has 0 fully saturated rings. The highest BCUT2D eigenvalue weighted by atomic mass is 35.5. The lowest BCUT2D eigenvalue weighted by atomic mass is 10.1. The Morgan fingerprint density at radius 1 is 1.11 bits per heavy atom. The number of halogens is 1. The van der Waals surface area contributed by atoms with Gasteiger partial charge in [0.15, 0.2) is 9.84 Å². The zero-order chi connectivity index (χ0) is 14.0. The van der Waals surface area contributed by atoms with Crippen molar-refractivity contribution in [2.45, 2.75) is 11.8 Å². The van der Waals surface area contributed by atoms with Gasteiger partial charge in [0.25, 0.3) is 0 Å². The normalized spacial score (nSPS) is 11.5. The largest absolute Gasteiger partial charge is 0.507 e. The monoisotopic (exact) mass is 296 g/mol. The molecule has 0 saturated heterocycles. The highest BCUT2D eigenvalue weighted by Crippen LogP contribution is 2.32. The van der Waals surface area contributed by atoms with Crippen LogP contribution in [-0.4, -0.2) is 19.3 Å². The Kier molecular flexibility index (Phi) is 3.83. The Morgan fingerprint density at radius 2 is 1.74 bits per heavy atom. The standard InChI is InChI=1S/C14H13ClO3S/c1-2-19(17,18)12-6-3-10(4-7-12)13-9-11(15)5-8-14(13)16/h3-9,16H,2H2,1H3. The van der Waals surface area contributed by atoms with Crippen LogP contribution >= 0.6 is 11.6 Å². The second kappa shape index (κ2) is 5.23. The summed E-state index contributed by atoms with van der Waals surface area (Å²) in [6.07, 6.45) is 0. The van der Waals surface area contributed by atoms with Crippen molar-refractivity contribution >= 4 is 21.4 Å². The molecule has 0 saturated carbocycles. The number of aromatic hydroxyl groups is 1. The summed E-state index contributed by atoms with van der Waals surface area (Å²) in [4.78, 5) is 0.278. The van der Waals surface area contributed by atoms with Crippen molar-refractivity contribution in [3.63, 3.8) is 0 Å². The zero-order valence-corrected chi connectivity index (χ0v) is 11.9. The van der Waals surface area contributed by atoms with Crippen LogP contribution in [0.15, 0.2) is 47.4 Å². The lowest BCUT2D eigenvalue weighted by molar-refractivity contribution is 0.477. The van der Waals surface area contributed by atoms with Gasteiger partial charge < -0.3 is 5.11 Å². The van der Waals surface area contributed by atoms with Crippen LogP contribution in [0.25, 0.3) is 11.1 Å². The van der Waals surface area contributed by atoms with Crippen molar-refractivity contribution in [3.05, 3.63) is 47.5 Å². The number of rotatable bonds is 3. The molecule has 0 aliphatic rings. The van der Waals surface area contributed by atoms with E-state index in [1.165, 1.54) is 18.2 Å². The fourth-order valence-corrected chi connectivity index (χ4v) is 2.80. The zero-order valence-electron chi connectivity index (χ0n) is 10.3. The minimum Gasteiger partial charge on any atom is -0.507 e. The van der Waals surface area contributed by atoms with E-state index in [1.54, 1.807) is 31.2 Å². The minimum atomic E-state index is -3.20. The average Bonchev–Trinajstić information content (AvgIpc) is 2.42. The molecule has 0 bridgehead atoms. The summed E-state index contributed by atoms with van der Waals surface area (Å²) < 4.78 is 23.4. The van der Waals surface area contributed by atoms with Gasteiger partial charge in [-0.05, 0) is 35.9 Å². The molecule has 0 radical (unpaired) electrons.